The minimum absolute atomic E-state index is 0.0922. The number of para-hydroxylation sites is 1. The predicted molar refractivity (Wildman–Crippen MR) is 121 cm³/mol. The molecule has 9 heteroatoms. The van der Waals surface area contributed by atoms with Crippen LogP contribution < -0.4 is 16.0 Å². The summed E-state index contributed by atoms with van der Waals surface area (Å²) >= 11 is 6.41. The summed E-state index contributed by atoms with van der Waals surface area (Å²) in [6, 6.07) is 11.8. The van der Waals surface area contributed by atoms with Crippen LogP contribution in [-0.2, 0) is 4.79 Å². The Morgan fingerprint density at radius 3 is 3.03 bits per heavy atom. The van der Waals surface area contributed by atoms with Gasteiger partial charge in [0.2, 0.25) is 5.91 Å². The number of aromatic nitrogens is 4. The second kappa shape index (κ2) is 8.03. The third-order valence-electron chi connectivity index (χ3n) is 5.58. The summed E-state index contributed by atoms with van der Waals surface area (Å²) in [5.41, 5.74) is 2.63. The smallest absolute Gasteiger partial charge is 0.220 e. The van der Waals surface area contributed by atoms with E-state index in [4.69, 9.17) is 16.6 Å². The Kier molecular flexibility index (Phi) is 5.07. The van der Waals surface area contributed by atoms with Gasteiger partial charge in [-0.1, -0.05) is 23.7 Å². The molecule has 5 rings (SSSR count). The van der Waals surface area contributed by atoms with E-state index in [1.807, 2.05) is 36.5 Å². The van der Waals surface area contributed by atoms with Crippen molar-refractivity contribution in [1.82, 2.24) is 24.9 Å². The first kappa shape index (κ1) is 19.6. The van der Waals surface area contributed by atoms with Gasteiger partial charge < -0.3 is 16.0 Å². The van der Waals surface area contributed by atoms with Crippen LogP contribution in [0.25, 0.3) is 16.4 Å². The van der Waals surface area contributed by atoms with E-state index in [0.29, 0.717) is 18.0 Å². The number of benzene rings is 1. The van der Waals surface area contributed by atoms with Gasteiger partial charge in [-0.2, -0.15) is 5.10 Å². The first-order chi connectivity index (χ1) is 15.1. The van der Waals surface area contributed by atoms with Crippen LogP contribution in [0.4, 0.5) is 11.6 Å². The van der Waals surface area contributed by atoms with Gasteiger partial charge in [0, 0.05) is 36.2 Å². The highest BCUT2D eigenvalue weighted by atomic mass is 35.5. The Labute approximate surface area is 184 Å². The Bertz CT molecular complexity index is 1270. The molecule has 1 unspecified atom stereocenters. The fraction of sp³-hybridized carbons (Fsp3) is 0.273. The molecule has 0 saturated carbocycles. The third-order valence-corrected chi connectivity index (χ3v) is 5.89. The number of carbonyl (C=O) groups is 1. The Balaban J connectivity index is 1.49. The second-order valence-electron chi connectivity index (χ2n) is 7.73. The van der Waals surface area contributed by atoms with Gasteiger partial charge in [-0.3, -0.25) is 4.79 Å². The lowest BCUT2D eigenvalue weighted by Gasteiger charge is -2.21. The molecule has 8 nitrogen and oxygen atoms in total. The van der Waals surface area contributed by atoms with Crippen molar-refractivity contribution in [2.45, 2.75) is 31.8 Å². The maximum atomic E-state index is 11.6. The van der Waals surface area contributed by atoms with E-state index in [-0.39, 0.29) is 18.0 Å². The molecule has 1 fully saturated rings. The third kappa shape index (κ3) is 3.86. The highest BCUT2D eigenvalue weighted by Gasteiger charge is 2.22. The maximum Gasteiger partial charge on any atom is 0.220 e. The quantitative estimate of drug-likeness (QED) is 0.426. The van der Waals surface area contributed by atoms with Gasteiger partial charge in [0.05, 0.1) is 16.6 Å². The van der Waals surface area contributed by atoms with Crippen LogP contribution in [0.5, 0.6) is 0 Å². The monoisotopic (exact) mass is 435 g/mol. The van der Waals surface area contributed by atoms with E-state index in [9.17, 15) is 4.79 Å². The van der Waals surface area contributed by atoms with Crippen molar-refractivity contribution in [3.05, 3.63) is 59.5 Å². The van der Waals surface area contributed by atoms with Crippen molar-refractivity contribution in [3.63, 3.8) is 0 Å². The number of anilines is 2. The zero-order valence-corrected chi connectivity index (χ0v) is 17.7. The SMILES string of the molecule is C[C@H](Nc1ncnn2cccc12)c1cc2cccc(Cl)c2nc1NCC1CCC(=O)N1. The highest BCUT2D eigenvalue weighted by Crippen LogP contribution is 2.31. The molecule has 1 aliphatic rings. The van der Waals surface area contributed by atoms with Crippen LogP contribution in [-0.4, -0.2) is 38.1 Å². The summed E-state index contributed by atoms with van der Waals surface area (Å²) in [4.78, 5) is 20.8. The number of halogens is 1. The highest BCUT2D eigenvalue weighted by molar-refractivity contribution is 6.35. The van der Waals surface area contributed by atoms with Gasteiger partial charge in [-0.05, 0) is 37.6 Å². The molecular formula is C22H22ClN7O. The number of pyridine rings is 1. The number of carbonyl (C=O) groups excluding carboxylic acids is 1. The number of fused-ring (bicyclic) bond motifs is 2. The molecule has 31 heavy (non-hydrogen) atoms. The number of rotatable bonds is 6. The van der Waals surface area contributed by atoms with Crippen molar-refractivity contribution in [2.24, 2.45) is 0 Å². The van der Waals surface area contributed by atoms with Crippen LogP contribution in [0.15, 0.2) is 48.9 Å². The molecule has 158 valence electrons. The van der Waals surface area contributed by atoms with Gasteiger partial charge in [-0.15, -0.1) is 0 Å². The average Bonchev–Trinajstić information content (AvgIpc) is 3.41. The fourth-order valence-electron chi connectivity index (χ4n) is 3.96. The van der Waals surface area contributed by atoms with Crippen LogP contribution in [0, 0.1) is 0 Å². The lowest BCUT2D eigenvalue weighted by Crippen LogP contribution is -2.32. The lowest BCUT2D eigenvalue weighted by molar-refractivity contribution is -0.119. The molecule has 0 spiro atoms. The Hall–Kier alpha value is -3.39. The molecule has 4 heterocycles. The summed E-state index contributed by atoms with van der Waals surface area (Å²) in [6.07, 6.45) is 4.79. The number of amides is 1. The average molecular weight is 436 g/mol. The largest absolute Gasteiger partial charge is 0.368 e. The maximum absolute atomic E-state index is 11.6. The van der Waals surface area contributed by atoms with Gasteiger partial charge >= 0.3 is 0 Å². The number of nitrogens with one attached hydrogen (secondary N) is 3. The zero-order chi connectivity index (χ0) is 21.4. The number of hydrogen-bond acceptors (Lipinski definition) is 6. The lowest BCUT2D eigenvalue weighted by atomic mass is 10.1. The molecule has 3 aromatic heterocycles. The molecule has 0 bridgehead atoms. The molecule has 1 aliphatic heterocycles. The van der Waals surface area contributed by atoms with Crippen LogP contribution >= 0.6 is 11.6 Å². The van der Waals surface area contributed by atoms with Crippen LogP contribution in [0.1, 0.15) is 31.4 Å². The van der Waals surface area contributed by atoms with Gasteiger partial charge in [0.15, 0.2) is 5.82 Å². The van der Waals surface area contributed by atoms with Crippen molar-refractivity contribution < 1.29 is 4.79 Å². The van der Waals surface area contributed by atoms with Gasteiger partial charge in [0.25, 0.3) is 0 Å². The van der Waals surface area contributed by atoms with Crippen molar-refractivity contribution in [2.75, 3.05) is 17.2 Å². The summed E-state index contributed by atoms with van der Waals surface area (Å²) in [7, 11) is 0. The molecule has 1 saturated heterocycles. The molecule has 1 amide bonds. The van der Waals surface area contributed by atoms with E-state index in [1.54, 1.807) is 4.52 Å². The van der Waals surface area contributed by atoms with Crippen LogP contribution in [0.3, 0.4) is 0 Å². The molecule has 0 radical (unpaired) electrons. The summed E-state index contributed by atoms with van der Waals surface area (Å²) in [6.45, 7) is 2.67. The van der Waals surface area contributed by atoms with Crippen molar-refractivity contribution in [1.29, 1.82) is 0 Å². The first-order valence-corrected chi connectivity index (χ1v) is 10.6. The minimum atomic E-state index is -0.0925. The summed E-state index contributed by atoms with van der Waals surface area (Å²) < 4.78 is 1.78. The Morgan fingerprint density at radius 1 is 1.29 bits per heavy atom. The fourth-order valence-corrected chi connectivity index (χ4v) is 4.18. The Morgan fingerprint density at radius 2 is 2.19 bits per heavy atom. The standard InChI is InChI=1S/C22H22ClN7O/c1-13(27-22-18-6-3-9-30(18)26-12-25-22)16-10-14-4-2-5-17(23)20(14)29-21(16)24-11-15-7-8-19(31)28-15/h2-6,9-10,12-13,15H,7-8,11H2,1H3,(H,24,29)(H,28,31)(H,25,26,27)/t13-,15?/m0/s1. The van der Waals surface area contributed by atoms with E-state index in [2.05, 4.69) is 39.0 Å². The predicted octanol–water partition coefficient (Wildman–Crippen LogP) is 3.79. The number of hydrogen-bond donors (Lipinski definition) is 3. The molecule has 0 aliphatic carbocycles. The summed E-state index contributed by atoms with van der Waals surface area (Å²) in [5.74, 6) is 1.58. The molecule has 3 N–H and O–H groups in total. The minimum Gasteiger partial charge on any atom is -0.368 e. The molecule has 4 aromatic rings. The normalized spacial score (nSPS) is 17.1. The molecule has 1 aromatic carbocycles. The molecule has 2 atom stereocenters. The zero-order valence-electron chi connectivity index (χ0n) is 17.0. The van der Waals surface area contributed by atoms with Crippen molar-refractivity contribution in [3.8, 4) is 0 Å². The van der Waals surface area contributed by atoms with E-state index in [1.165, 1.54) is 6.33 Å². The van der Waals surface area contributed by atoms with Crippen molar-refractivity contribution >= 4 is 45.6 Å². The second-order valence-corrected chi connectivity index (χ2v) is 8.14. The van der Waals surface area contributed by atoms with E-state index >= 15 is 0 Å². The van der Waals surface area contributed by atoms with Gasteiger partial charge in [0.1, 0.15) is 17.7 Å². The van der Waals surface area contributed by atoms with E-state index < -0.39 is 0 Å². The number of nitrogens with zero attached hydrogens (tertiary/aromatic N) is 4. The summed E-state index contributed by atoms with van der Waals surface area (Å²) in [5, 5.41) is 15.7. The molecular weight excluding hydrogens is 414 g/mol. The first-order valence-electron chi connectivity index (χ1n) is 10.3. The van der Waals surface area contributed by atoms with E-state index in [0.717, 1.165) is 40.0 Å². The van der Waals surface area contributed by atoms with Crippen LogP contribution in [0.2, 0.25) is 5.02 Å². The van der Waals surface area contributed by atoms with Gasteiger partial charge in [-0.25, -0.2) is 14.5 Å². The topological polar surface area (TPSA) is 96.2 Å².